The van der Waals surface area contributed by atoms with Crippen molar-refractivity contribution in [1.29, 1.82) is 0 Å². The average Bonchev–Trinajstić information content (AvgIpc) is 2.79. The summed E-state index contributed by atoms with van der Waals surface area (Å²) in [4.78, 5) is 4.17. The van der Waals surface area contributed by atoms with Crippen molar-refractivity contribution in [2.45, 2.75) is 6.73 Å². The van der Waals surface area contributed by atoms with E-state index in [1.54, 1.807) is 19.4 Å². The molecule has 0 fully saturated rings. The van der Waals surface area contributed by atoms with Crippen molar-refractivity contribution < 1.29 is 9.47 Å². The first-order valence-electron chi connectivity index (χ1n) is 5.92. The molecular weight excluding hydrogens is 242 g/mol. The summed E-state index contributed by atoms with van der Waals surface area (Å²) in [6.07, 6.45) is 4.96. The molecule has 0 saturated heterocycles. The minimum Gasteiger partial charge on any atom is -0.710 e. The van der Waals surface area contributed by atoms with Crippen molar-refractivity contribution in [2.24, 2.45) is 0 Å². The smallest absolute Gasteiger partial charge is 0.335 e. The van der Waals surface area contributed by atoms with Crippen molar-refractivity contribution in [3.05, 3.63) is 54.1 Å². The van der Waals surface area contributed by atoms with Crippen LogP contribution in [0.2, 0.25) is 0 Å². The number of rotatable bonds is 3. The van der Waals surface area contributed by atoms with Crippen molar-refractivity contribution in [3.63, 3.8) is 0 Å². The molecule has 0 aliphatic carbocycles. The van der Waals surface area contributed by atoms with Crippen LogP contribution in [-0.2, 0) is 11.5 Å². The zero-order valence-corrected chi connectivity index (χ0v) is 10.5. The van der Waals surface area contributed by atoms with Crippen molar-refractivity contribution >= 4 is 10.9 Å². The van der Waals surface area contributed by atoms with Gasteiger partial charge in [-0.1, -0.05) is 18.2 Å². The van der Waals surface area contributed by atoms with Gasteiger partial charge in [0.05, 0.1) is 17.3 Å². The second-order valence-electron chi connectivity index (χ2n) is 4.22. The van der Waals surface area contributed by atoms with Crippen LogP contribution in [-0.4, -0.2) is 16.7 Å². The molecule has 3 rings (SSSR count). The second-order valence-corrected chi connectivity index (χ2v) is 4.22. The van der Waals surface area contributed by atoms with E-state index in [0.717, 1.165) is 21.2 Å². The van der Waals surface area contributed by atoms with E-state index in [0.29, 0.717) is 12.6 Å². The van der Waals surface area contributed by atoms with Crippen molar-refractivity contribution in [1.82, 2.24) is 9.55 Å². The van der Waals surface area contributed by atoms with Crippen LogP contribution in [0.25, 0.3) is 22.3 Å². The summed E-state index contributed by atoms with van der Waals surface area (Å²) in [6.45, 7) is 0.437. The third-order valence-electron chi connectivity index (χ3n) is 3.01. The molecule has 0 amide bonds. The van der Waals surface area contributed by atoms with Crippen LogP contribution < -0.4 is 4.73 Å². The lowest BCUT2D eigenvalue weighted by Crippen LogP contribution is -2.29. The lowest BCUT2D eigenvalue weighted by atomic mass is 10.1. The number of para-hydroxylation sites is 1. The Morgan fingerprint density at radius 1 is 1.32 bits per heavy atom. The molecule has 3 aromatic rings. The number of fused-ring (bicyclic) bond motifs is 1. The van der Waals surface area contributed by atoms with Gasteiger partial charge in [0, 0.05) is 24.8 Å². The lowest BCUT2D eigenvalue weighted by Gasteiger charge is -2.03. The molecular formula is C14H13N3O2. The molecule has 0 N–H and O–H groups in total. The topological polar surface area (TPSA) is 54.0 Å². The number of methoxy groups -OCH3 is 1. The number of nitrogens with zero attached hydrogens (tertiary/aromatic N) is 3. The van der Waals surface area contributed by atoms with Crippen molar-refractivity contribution in [3.8, 4) is 11.4 Å². The highest BCUT2D eigenvalue weighted by molar-refractivity contribution is 5.93. The Morgan fingerprint density at radius 2 is 2.16 bits per heavy atom. The summed E-state index contributed by atoms with van der Waals surface area (Å²) in [6, 6.07) is 9.50. The quantitative estimate of drug-likeness (QED) is 0.531. The molecule has 2 aromatic heterocycles. The van der Waals surface area contributed by atoms with E-state index in [9.17, 15) is 5.21 Å². The van der Waals surface area contributed by atoms with Gasteiger partial charge in [0.2, 0.25) is 0 Å². The van der Waals surface area contributed by atoms with Crippen LogP contribution in [0.3, 0.4) is 0 Å². The van der Waals surface area contributed by atoms with Crippen LogP contribution in [0.15, 0.2) is 48.9 Å². The van der Waals surface area contributed by atoms with Gasteiger partial charge in [-0.05, 0) is 11.1 Å². The van der Waals surface area contributed by atoms with Gasteiger partial charge >= 0.3 is 5.82 Å². The van der Waals surface area contributed by atoms with Crippen molar-refractivity contribution in [2.75, 3.05) is 7.11 Å². The number of hydrogen-bond donors (Lipinski definition) is 0. The normalized spacial score (nSPS) is 11.0. The molecule has 5 heteroatoms. The summed E-state index contributed by atoms with van der Waals surface area (Å²) >= 11 is 0. The van der Waals surface area contributed by atoms with Gasteiger partial charge in [-0.25, -0.2) is 4.73 Å². The summed E-state index contributed by atoms with van der Waals surface area (Å²) < 4.78 is 7.91. The van der Waals surface area contributed by atoms with E-state index in [1.807, 2.05) is 35.0 Å². The molecule has 0 aliphatic heterocycles. The predicted molar refractivity (Wildman–Crippen MR) is 71.1 cm³/mol. The maximum Gasteiger partial charge on any atom is 0.335 e. The molecule has 2 heterocycles. The van der Waals surface area contributed by atoms with E-state index < -0.39 is 0 Å². The zero-order chi connectivity index (χ0) is 13.2. The Hall–Kier alpha value is -2.40. The molecule has 19 heavy (non-hydrogen) atoms. The lowest BCUT2D eigenvalue weighted by molar-refractivity contribution is -0.596. The summed E-state index contributed by atoms with van der Waals surface area (Å²) in [5.41, 5.74) is 1.83. The first-order chi connectivity index (χ1) is 9.31. The molecule has 0 radical (unpaired) electrons. The van der Waals surface area contributed by atoms with Gasteiger partial charge in [-0.3, -0.25) is 0 Å². The second kappa shape index (κ2) is 4.70. The maximum atomic E-state index is 11.8. The Balaban J connectivity index is 2.27. The first kappa shape index (κ1) is 11.7. The van der Waals surface area contributed by atoms with E-state index in [2.05, 4.69) is 4.98 Å². The Labute approximate surface area is 110 Å². The predicted octanol–water partition coefficient (Wildman–Crippen LogP) is 1.94. The van der Waals surface area contributed by atoms with E-state index >= 15 is 0 Å². The third-order valence-corrected chi connectivity index (χ3v) is 3.01. The highest BCUT2D eigenvalue weighted by Crippen LogP contribution is 2.27. The van der Waals surface area contributed by atoms with Crippen LogP contribution in [0.1, 0.15) is 0 Å². The number of benzene rings is 1. The summed E-state index contributed by atoms with van der Waals surface area (Å²) in [7, 11) is 1.64. The Morgan fingerprint density at radius 3 is 2.95 bits per heavy atom. The van der Waals surface area contributed by atoms with E-state index in [-0.39, 0.29) is 0 Å². The molecule has 0 atom stereocenters. The fourth-order valence-corrected chi connectivity index (χ4v) is 2.22. The monoisotopic (exact) mass is 255 g/mol. The molecule has 96 valence electrons. The van der Waals surface area contributed by atoms with Crippen LogP contribution in [0, 0.1) is 5.21 Å². The Bertz CT molecular complexity index is 722. The highest BCUT2D eigenvalue weighted by Gasteiger charge is 2.17. The maximum absolute atomic E-state index is 11.8. The minimum atomic E-state index is 0.397. The van der Waals surface area contributed by atoms with Crippen LogP contribution >= 0.6 is 0 Å². The highest BCUT2D eigenvalue weighted by atomic mass is 16.5. The van der Waals surface area contributed by atoms with E-state index in [4.69, 9.17) is 4.74 Å². The van der Waals surface area contributed by atoms with Gasteiger partial charge in [-0.2, -0.15) is 0 Å². The average molecular weight is 255 g/mol. The molecule has 0 spiro atoms. The van der Waals surface area contributed by atoms with Gasteiger partial charge in [-0.15, -0.1) is 0 Å². The fourth-order valence-electron chi connectivity index (χ4n) is 2.22. The molecule has 0 saturated carbocycles. The van der Waals surface area contributed by atoms with Gasteiger partial charge in [0.1, 0.15) is 12.9 Å². The molecule has 0 bridgehead atoms. The molecule has 5 nitrogen and oxygen atoms in total. The first-order valence-corrected chi connectivity index (χ1v) is 5.92. The van der Waals surface area contributed by atoms with Crippen LogP contribution in [0.4, 0.5) is 0 Å². The summed E-state index contributed by atoms with van der Waals surface area (Å²) in [5.74, 6) is 0.397. The molecule has 0 unspecified atom stereocenters. The molecule has 0 aliphatic rings. The zero-order valence-electron chi connectivity index (χ0n) is 10.5. The van der Waals surface area contributed by atoms with E-state index in [1.165, 1.54) is 6.20 Å². The third kappa shape index (κ3) is 1.94. The Kier molecular flexibility index (Phi) is 2.89. The fraction of sp³-hybridized carbons (Fsp3) is 0.143. The minimum absolute atomic E-state index is 0.397. The largest absolute Gasteiger partial charge is 0.710 e. The van der Waals surface area contributed by atoms with Gasteiger partial charge in [0.15, 0.2) is 0 Å². The number of ether oxygens (including phenoxy) is 1. The molecule has 1 aromatic carbocycles. The number of aromatic nitrogens is 3. The standard InChI is InChI=1S/C14H13N3O2/c1-19-10-16-9-12(11-5-2-3-6-13(11)16)14-15-7-4-8-17(14)18/h2-9H,10H2,1H3. The van der Waals surface area contributed by atoms with Gasteiger partial charge < -0.3 is 14.5 Å². The summed E-state index contributed by atoms with van der Waals surface area (Å²) in [5, 5.41) is 12.8. The van der Waals surface area contributed by atoms with Crippen LogP contribution in [0.5, 0.6) is 0 Å². The van der Waals surface area contributed by atoms with Gasteiger partial charge in [0.25, 0.3) is 0 Å². The SMILES string of the molecule is COCn1cc(-c2nccc[n+]2[O-])c2ccccc21. The number of hydrogen-bond acceptors (Lipinski definition) is 3.